The van der Waals surface area contributed by atoms with Gasteiger partial charge in [-0.2, -0.15) is 9.78 Å². The molecule has 1 N–H and O–H groups in total. The van der Waals surface area contributed by atoms with Gasteiger partial charge in [0.2, 0.25) is 0 Å². The van der Waals surface area contributed by atoms with E-state index in [2.05, 4.69) is 15.4 Å². The number of fused-ring (bicyclic) bond motifs is 2. The second-order valence-electron chi connectivity index (χ2n) is 7.34. The molecular formula is C25H20N4O4S. The summed E-state index contributed by atoms with van der Waals surface area (Å²) in [7, 11) is 1.60. The fourth-order valence-corrected chi connectivity index (χ4v) is 4.51. The highest BCUT2D eigenvalue weighted by Crippen LogP contribution is 2.29. The van der Waals surface area contributed by atoms with E-state index in [-0.39, 0.29) is 11.3 Å². The Morgan fingerprint density at radius 2 is 1.76 bits per heavy atom. The molecule has 0 aliphatic heterocycles. The molecule has 8 nitrogen and oxygen atoms in total. The largest absolute Gasteiger partial charge is 0.497 e. The first kappa shape index (κ1) is 21.6. The molecule has 0 fully saturated rings. The van der Waals surface area contributed by atoms with Crippen molar-refractivity contribution >= 4 is 43.4 Å². The highest BCUT2D eigenvalue weighted by Gasteiger charge is 2.19. The van der Waals surface area contributed by atoms with Crippen LogP contribution in [0.2, 0.25) is 0 Å². The molecule has 0 aliphatic carbocycles. The van der Waals surface area contributed by atoms with Crippen LogP contribution in [0, 0.1) is 0 Å². The molecule has 9 heteroatoms. The van der Waals surface area contributed by atoms with Gasteiger partial charge < -0.3 is 9.47 Å². The quantitative estimate of drug-likeness (QED) is 0.386. The summed E-state index contributed by atoms with van der Waals surface area (Å²) in [5.74, 6) is 0.941. The summed E-state index contributed by atoms with van der Waals surface area (Å²) in [6.45, 7) is 2.44. The van der Waals surface area contributed by atoms with Gasteiger partial charge in [0.25, 0.3) is 11.5 Å². The maximum absolute atomic E-state index is 13.3. The molecule has 0 spiro atoms. The van der Waals surface area contributed by atoms with Gasteiger partial charge in [0.1, 0.15) is 11.5 Å². The van der Waals surface area contributed by atoms with E-state index >= 15 is 0 Å². The van der Waals surface area contributed by atoms with E-state index in [4.69, 9.17) is 9.47 Å². The topological polar surface area (TPSA) is 95.3 Å². The average Bonchev–Trinajstić information content (AvgIpc) is 3.26. The Labute approximate surface area is 198 Å². The van der Waals surface area contributed by atoms with E-state index < -0.39 is 5.91 Å². The number of hydrogen-bond donors (Lipinski definition) is 1. The summed E-state index contributed by atoms with van der Waals surface area (Å²) in [4.78, 5) is 30.9. The lowest BCUT2D eigenvalue weighted by molar-refractivity contribution is 0.102. The Kier molecular flexibility index (Phi) is 5.69. The van der Waals surface area contributed by atoms with Crippen LogP contribution in [0.5, 0.6) is 11.5 Å². The number of amides is 1. The molecule has 1 amide bonds. The summed E-state index contributed by atoms with van der Waals surface area (Å²) < 4.78 is 12.9. The first-order valence-electron chi connectivity index (χ1n) is 10.6. The Balaban J connectivity index is 1.56. The number of thiazole rings is 1. The molecule has 0 radical (unpaired) electrons. The predicted octanol–water partition coefficient (Wildman–Crippen LogP) is 4.66. The normalized spacial score (nSPS) is 11.0. The van der Waals surface area contributed by atoms with E-state index in [1.807, 2.05) is 25.1 Å². The number of hydrogen-bond acceptors (Lipinski definition) is 7. The lowest BCUT2D eigenvalue weighted by Crippen LogP contribution is -2.26. The van der Waals surface area contributed by atoms with Crippen molar-refractivity contribution in [2.45, 2.75) is 6.92 Å². The van der Waals surface area contributed by atoms with Gasteiger partial charge in [-0.25, -0.2) is 4.98 Å². The van der Waals surface area contributed by atoms with Crippen LogP contribution in [0.3, 0.4) is 0 Å². The molecule has 0 aliphatic rings. The van der Waals surface area contributed by atoms with Crippen LogP contribution < -0.4 is 20.3 Å². The monoisotopic (exact) mass is 472 g/mol. The van der Waals surface area contributed by atoms with Gasteiger partial charge in [-0.15, -0.1) is 0 Å². The van der Waals surface area contributed by atoms with Crippen molar-refractivity contribution in [2.24, 2.45) is 0 Å². The maximum atomic E-state index is 13.3. The fourth-order valence-electron chi connectivity index (χ4n) is 3.62. The SMILES string of the molecule is CCOc1ccc(-n2nc(C(=O)Nc3nc4ccc(OC)cc4s3)c3ccccc3c2=O)cc1. The zero-order valence-corrected chi connectivity index (χ0v) is 19.3. The molecule has 0 unspecified atom stereocenters. The van der Waals surface area contributed by atoms with Crippen LogP contribution in [0.25, 0.3) is 26.7 Å². The van der Waals surface area contributed by atoms with Crippen molar-refractivity contribution in [3.63, 3.8) is 0 Å². The number of aromatic nitrogens is 3. The van der Waals surface area contributed by atoms with Crippen LogP contribution >= 0.6 is 11.3 Å². The van der Waals surface area contributed by atoms with Crippen molar-refractivity contribution in [1.29, 1.82) is 0 Å². The van der Waals surface area contributed by atoms with Gasteiger partial charge in [-0.3, -0.25) is 14.9 Å². The molecule has 34 heavy (non-hydrogen) atoms. The third-order valence-corrected chi connectivity index (χ3v) is 6.16. The molecule has 2 aromatic heterocycles. The molecule has 5 aromatic rings. The standard InChI is InChI=1S/C25H20N4O4S/c1-3-33-16-10-8-15(9-11-16)29-24(31)19-7-5-4-6-18(19)22(28-29)23(30)27-25-26-20-13-12-17(32-2)14-21(20)34-25/h4-14H,3H2,1-2H3,(H,26,27,30). The molecule has 2 heterocycles. The number of rotatable bonds is 6. The van der Waals surface area contributed by atoms with Crippen LogP contribution in [0.1, 0.15) is 17.4 Å². The number of nitrogens with one attached hydrogen (secondary N) is 1. The van der Waals surface area contributed by atoms with Crippen molar-refractivity contribution in [2.75, 3.05) is 19.0 Å². The summed E-state index contributed by atoms with van der Waals surface area (Å²) in [5, 5.41) is 8.55. The molecule has 0 bridgehead atoms. The van der Waals surface area contributed by atoms with Crippen LogP contribution in [0.15, 0.2) is 71.5 Å². The Morgan fingerprint density at radius 1 is 1.03 bits per heavy atom. The minimum Gasteiger partial charge on any atom is -0.497 e. The Bertz CT molecular complexity index is 1570. The lowest BCUT2D eigenvalue weighted by atomic mass is 10.1. The molecule has 0 saturated carbocycles. The zero-order valence-electron chi connectivity index (χ0n) is 18.4. The second kappa shape index (κ2) is 8.95. The molecule has 0 atom stereocenters. The number of carbonyl (C=O) groups excluding carboxylic acids is 1. The lowest BCUT2D eigenvalue weighted by Gasteiger charge is -2.11. The highest BCUT2D eigenvalue weighted by molar-refractivity contribution is 7.22. The number of benzene rings is 3. The van der Waals surface area contributed by atoms with E-state index in [0.29, 0.717) is 39.7 Å². The number of carbonyl (C=O) groups is 1. The molecule has 0 saturated heterocycles. The molecular weight excluding hydrogens is 452 g/mol. The summed E-state index contributed by atoms with van der Waals surface area (Å²) in [6, 6.07) is 19.4. The van der Waals surface area contributed by atoms with Crippen molar-refractivity contribution < 1.29 is 14.3 Å². The summed E-state index contributed by atoms with van der Waals surface area (Å²) >= 11 is 1.33. The van der Waals surface area contributed by atoms with Crippen molar-refractivity contribution in [3.05, 3.63) is 82.8 Å². The minimum absolute atomic E-state index is 0.126. The molecule has 5 rings (SSSR count). The summed E-state index contributed by atoms with van der Waals surface area (Å²) in [5.41, 5.74) is 1.09. The number of anilines is 1. The van der Waals surface area contributed by atoms with Crippen LogP contribution in [0.4, 0.5) is 5.13 Å². The van der Waals surface area contributed by atoms with Gasteiger partial charge in [-0.1, -0.05) is 29.5 Å². The average molecular weight is 473 g/mol. The van der Waals surface area contributed by atoms with Gasteiger partial charge in [0.15, 0.2) is 10.8 Å². The first-order chi connectivity index (χ1) is 16.6. The van der Waals surface area contributed by atoms with Gasteiger partial charge in [0, 0.05) is 5.39 Å². The Morgan fingerprint density at radius 3 is 2.50 bits per heavy atom. The molecule has 170 valence electrons. The second-order valence-corrected chi connectivity index (χ2v) is 8.38. The number of ether oxygens (including phenoxy) is 2. The smallest absolute Gasteiger partial charge is 0.279 e. The van der Waals surface area contributed by atoms with Crippen molar-refractivity contribution in [3.8, 4) is 17.2 Å². The fraction of sp³-hybridized carbons (Fsp3) is 0.120. The van der Waals surface area contributed by atoms with Gasteiger partial charge in [-0.05, 0) is 55.5 Å². The van der Waals surface area contributed by atoms with Gasteiger partial charge in [0.05, 0.1) is 35.0 Å². The third kappa shape index (κ3) is 3.97. The van der Waals surface area contributed by atoms with E-state index in [0.717, 1.165) is 10.2 Å². The zero-order chi connectivity index (χ0) is 23.7. The highest BCUT2D eigenvalue weighted by atomic mass is 32.1. The summed E-state index contributed by atoms with van der Waals surface area (Å²) in [6.07, 6.45) is 0. The van der Waals surface area contributed by atoms with E-state index in [1.54, 1.807) is 55.6 Å². The number of nitrogens with zero attached hydrogens (tertiary/aromatic N) is 3. The van der Waals surface area contributed by atoms with Crippen LogP contribution in [-0.2, 0) is 0 Å². The number of methoxy groups -OCH3 is 1. The Hall–Kier alpha value is -4.24. The van der Waals surface area contributed by atoms with Gasteiger partial charge >= 0.3 is 0 Å². The van der Waals surface area contributed by atoms with Crippen LogP contribution in [-0.4, -0.2) is 34.4 Å². The van der Waals surface area contributed by atoms with E-state index in [9.17, 15) is 9.59 Å². The maximum Gasteiger partial charge on any atom is 0.279 e. The van der Waals surface area contributed by atoms with E-state index in [1.165, 1.54) is 16.0 Å². The molecule has 3 aromatic carbocycles. The first-order valence-corrected chi connectivity index (χ1v) is 11.4. The predicted molar refractivity (Wildman–Crippen MR) is 133 cm³/mol. The van der Waals surface area contributed by atoms with Crippen molar-refractivity contribution in [1.82, 2.24) is 14.8 Å². The minimum atomic E-state index is -0.457. The third-order valence-electron chi connectivity index (χ3n) is 5.23.